The molecule has 1 nitrogen and oxygen atoms in total. The Labute approximate surface area is 67.9 Å². The molecule has 2 heteroatoms. The number of aromatic hydroxyl groups is 1. The third-order valence-electron chi connectivity index (χ3n) is 1.19. The van der Waals surface area contributed by atoms with E-state index in [0.717, 1.165) is 9.13 Å². The highest BCUT2D eigenvalue weighted by Crippen LogP contribution is 2.22. The first-order valence-corrected chi connectivity index (χ1v) is 3.74. The summed E-state index contributed by atoms with van der Waals surface area (Å²) in [6.45, 7) is 1.89. The number of aryl methyl sites for hydroxylation is 1. The molecule has 0 fully saturated rings. The summed E-state index contributed by atoms with van der Waals surface area (Å²) in [5.74, 6) is 0.401. The van der Waals surface area contributed by atoms with Crippen molar-refractivity contribution < 1.29 is 5.11 Å². The van der Waals surface area contributed by atoms with Crippen LogP contribution in [0.3, 0.4) is 0 Å². The van der Waals surface area contributed by atoms with Crippen LogP contribution in [0.15, 0.2) is 18.2 Å². The molecule has 1 N–H and O–H groups in total. The molecule has 0 aliphatic carbocycles. The molecule has 0 aliphatic rings. The average Bonchev–Trinajstić information content (AvgIpc) is 1.83. The second-order valence-corrected chi connectivity index (χ2v) is 3.07. The van der Waals surface area contributed by atoms with Gasteiger partial charge in [-0.05, 0) is 41.1 Å². The fraction of sp³-hybridized carbons (Fsp3) is 0.143. The van der Waals surface area contributed by atoms with Gasteiger partial charge in [-0.3, -0.25) is 0 Å². The second kappa shape index (κ2) is 2.56. The van der Waals surface area contributed by atoms with Crippen LogP contribution in [0, 0.1) is 10.5 Å². The maximum atomic E-state index is 9.20. The molecule has 0 aromatic heterocycles. The van der Waals surface area contributed by atoms with E-state index in [1.54, 1.807) is 0 Å². The van der Waals surface area contributed by atoms with E-state index < -0.39 is 0 Å². The maximum absolute atomic E-state index is 9.20. The molecule has 9 heavy (non-hydrogen) atoms. The number of hydrogen-bond acceptors (Lipinski definition) is 1. The molecule has 0 saturated carbocycles. The van der Waals surface area contributed by atoms with Crippen molar-refractivity contribution in [3.63, 3.8) is 0 Å². The summed E-state index contributed by atoms with van der Waals surface area (Å²) >= 11 is 2.10. The van der Waals surface area contributed by atoms with Gasteiger partial charge in [0, 0.05) is 0 Å². The number of rotatable bonds is 0. The molecule has 1 aromatic rings. The molecular formula is C7H7IO. The van der Waals surface area contributed by atoms with Crippen LogP contribution in [0.4, 0.5) is 0 Å². The van der Waals surface area contributed by atoms with Crippen LogP contribution in [0.2, 0.25) is 0 Å². The van der Waals surface area contributed by atoms with Crippen LogP contribution in [-0.4, -0.2) is 5.11 Å². The number of benzene rings is 1. The third-order valence-corrected chi connectivity index (χ3v) is 2.06. The van der Waals surface area contributed by atoms with Gasteiger partial charge in [-0.25, -0.2) is 0 Å². The molecule has 0 unspecified atom stereocenters. The van der Waals surface area contributed by atoms with E-state index in [4.69, 9.17) is 0 Å². The lowest BCUT2D eigenvalue weighted by molar-refractivity contribution is 0.467. The van der Waals surface area contributed by atoms with Crippen molar-refractivity contribution in [3.8, 4) is 5.75 Å². The van der Waals surface area contributed by atoms with Crippen molar-refractivity contribution in [3.05, 3.63) is 27.3 Å². The Morgan fingerprint density at radius 2 is 2.11 bits per heavy atom. The van der Waals surface area contributed by atoms with E-state index in [0.29, 0.717) is 5.75 Å². The van der Waals surface area contributed by atoms with Gasteiger partial charge in [0.25, 0.3) is 0 Å². The van der Waals surface area contributed by atoms with Gasteiger partial charge in [-0.15, -0.1) is 0 Å². The van der Waals surface area contributed by atoms with Gasteiger partial charge in [0.05, 0.1) is 3.57 Å². The predicted molar refractivity (Wildman–Crippen MR) is 45.6 cm³/mol. The number of hydrogen-bond donors (Lipinski definition) is 1. The van der Waals surface area contributed by atoms with E-state index in [1.807, 2.05) is 25.1 Å². The molecule has 48 valence electrons. The van der Waals surface area contributed by atoms with Crippen molar-refractivity contribution in [2.45, 2.75) is 6.92 Å². The van der Waals surface area contributed by atoms with E-state index in [2.05, 4.69) is 22.6 Å². The molecule has 0 spiro atoms. The summed E-state index contributed by atoms with van der Waals surface area (Å²) in [6.07, 6.45) is 0. The Bertz CT molecular complexity index is 200. The summed E-state index contributed by atoms with van der Waals surface area (Å²) in [7, 11) is 0. The Balaban J connectivity index is 3.25. The van der Waals surface area contributed by atoms with E-state index in [-0.39, 0.29) is 0 Å². The van der Waals surface area contributed by atoms with Gasteiger partial charge in [0.1, 0.15) is 5.75 Å². The van der Waals surface area contributed by atoms with Gasteiger partial charge >= 0.3 is 0 Å². The van der Waals surface area contributed by atoms with Crippen molar-refractivity contribution in [2.75, 3.05) is 0 Å². The van der Waals surface area contributed by atoms with Crippen molar-refractivity contribution >= 4 is 22.6 Å². The van der Waals surface area contributed by atoms with Crippen LogP contribution in [0.5, 0.6) is 5.75 Å². The minimum absolute atomic E-state index is 0.401. The average molecular weight is 234 g/mol. The Morgan fingerprint density at radius 1 is 1.44 bits per heavy atom. The molecule has 1 rings (SSSR count). The molecule has 0 bridgehead atoms. The molecule has 0 saturated heterocycles. The Kier molecular flexibility index (Phi) is 1.95. The smallest absolute Gasteiger partial charge is 0.131 e. The van der Waals surface area contributed by atoms with Crippen molar-refractivity contribution in [2.24, 2.45) is 0 Å². The number of phenols is 1. The zero-order valence-electron chi connectivity index (χ0n) is 5.06. The SMILES string of the molecule is Cc1cccc(I)c1O. The highest BCUT2D eigenvalue weighted by molar-refractivity contribution is 14.1. The van der Waals surface area contributed by atoms with E-state index in [1.165, 1.54) is 0 Å². The molecule has 0 heterocycles. The van der Waals surface area contributed by atoms with Gasteiger partial charge in [0.15, 0.2) is 0 Å². The lowest BCUT2D eigenvalue weighted by Crippen LogP contribution is -1.76. The fourth-order valence-electron chi connectivity index (χ4n) is 0.623. The lowest BCUT2D eigenvalue weighted by Gasteiger charge is -1.97. The second-order valence-electron chi connectivity index (χ2n) is 1.91. The van der Waals surface area contributed by atoms with Gasteiger partial charge in [0.2, 0.25) is 0 Å². The van der Waals surface area contributed by atoms with Crippen molar-refractivity contribution in [1.29, 1.82) is 0 Å². The summed E-state index contributed by atoms with van der Waals surface area (Å²) in [4.78, 5) is 0. The van der Waals surface area contributed by atoms with Gasteiger partial charge in [-0.1, -0.05) is 12.1 Å². The summed E-state index contributed by atoms with van der Waals surface area (Å²) in [5, 5.41) is 9.20. The Hall–Kier alpha value is -0.250. The number of halogens is 1. The minimum atomic E-state index is 0.401. The zero-order valence-corrected chi connectivity index (χ0v) is 7.21. The van der Waals surface area contributed by atoms with Gasteiger partial charge < -0.3 is 5.11 Å². The van der Waals surface area contributed by atoms with Gasteiger partial charge in [-0.2, -0.15) is 0 Å². The highest BCUT2D eigenvalue weighted by atomic mass is 127. The van der Waals surface area contributed by atoms with Crippen LogP contribution >= 0.6 is 22.6 Å². The quantitative estimate of drug-likeness (QED) is 0.683. The molecular weight excluding hydrogens is 227 g/mol. The first-order valence-electron chi connectivity index (χ1n) is 2.66. The van der Waals surface area contributed by atoms with Crippen molar-refractivity contribution in [1.82, 2.24) is 0 Å². The minimum Gasteiger partial charge on any atom is -0.507 e. The first-order chi connectivity index (χ1) is 4.22. The zero-order chi connectivity index (χ0) is 6.85. The summed E-state index contributed by atoms with van der Waals surface area (Å²) in [6, 6.07) is 5.69. The lowest BCUT2D eigenvalue weighted by atomic mass is 10.2. The normalized spacial score (nSPS) is 9.56. The standard InChI is InChI=1S/C7H7IO/c1-5-3-2-4-6(8)7(5)9/h2-4,9H,1H3. The topological polar surface area (TPSA) is 20.2 Å². The maximum Gasteiger partial charge on any atom is 0.131 e. The summed E-state index contributed by atoms with van der Waals surface area (Å²) < 4.78 is 0.910. The predicted octanol–water partition coefficient (Wildman–Crippen LogP) is 2.31. The monoisotopic (exact) mass is 234 g/mol. The third kappa shape index (κ3) is 1.36. The molecule has 1 aromatic carbocycles. The Morgan fingerprint density at radius 3 is 2.56 bits per heavy atom. The van der Waals surface area contributed by atoms with Crippen LogP contribution in [0.25, 0.3) is 0 Å². The van der Waals surface area contributed by atoms with Crippen LogP contribution in [-0.2, 0) is 0 Å². The highest BCUT2D eigenvalue weighted by Gasteiger charge is 1.96. The van der Waals surface area contributed by atoms with E-state index in [9.17, 15) is 5.11 Å². The molecule has 0 radical (unpaired) electrons. The van der Waals surface area contributed by atoms with Crippen LogP contribution < -0.4 is 0 Å². The molecule has 0 atom stereocenters. The molecule has 0 aliphatic heterocycles. The number of phenolic OH excluding ortho intramolecular Hbond substituents is 1. The fourth-order valence-corrected chi connectivity index (χ4v) is 1.26. The van der Waals surface area contributed by atoms with Crippen LogP contribution in [0.1, 0.15) is 5.56 Å². The largest absolute Gasteiger partial charge is 0.507 e. The van der Waals surface area contributed by atoms with E-state index >= 15 is 0 Å². The number of para-hydroxylation sites is 1. The first kappa shape index (κ1) is 6.86. The summed E-state index contributed by atoms with van der Waals surface area (Å²) in [5.41, 5.74) is 0.932. The molecule has 0 amide bonds.